The predicted octanol–water partition coefficient (Wildman–Crippen LogP) is 2.17. The highest BCUT2D eigenvalue weighted by atomic mass is 79.9. The second kappa shape index (κ2) is 4.84. The van der Waals surface area contributed by atoms with Gasteiger partial charge in [0.25, 0.3) is 0 Å². The van der Waals surface area contributed by atoms with Crippen LogP contribution in [0.25, 0.3) is 0 Å². The molecular weight excluding hydrogens is 350 g/mol. The number of nitrogens with zero attached hydrogens (tertiary/aromatic N) is 1. The van der Waals surface area contributed by atoms with Crippen molar-refractivity contribution in [1.29, 1.82) is 0 Å². The fraction of sp³-hybridized carbons (Fsp3) is 0.375. The Morgan fingerprint density at radius 1 is 1.45 bits per heavy atom. The molecule has 0 bridgehead atoms. The Kier molecular flexibility index (Phi) is 3.04. The van der Waals surface area contributed by atoms with Gasteiger partial charge in [-0.25, -0.2) is 0 Å². The number of methoxy groups -OCH3 is 1. The summed E-state index contributed by atoms with van der Waals surface area (Å²) < 4.78 is 12.4. The Hall–Kier alpha value is -1.82. The van der Waals surface area contributed by atoms with E-state index in [1.54, 1.807) is 18.1 Å². The number of hydrogen-bond donors (Lipinski definition) is 0. The van der Waals surface area contributed by atoms with Crippen LogP contribution in [0.1, 0.15) is 23.5 Å². The van der Waals surface area contributed by atoms with Gasteiger partial charge in [-0.15, -0.1) is 0 Å². The first-order chi connectivity index (χ1) is 10.6. The molecule has 22 heavy (non-hydrogen) atoms. The van der Waals surface area contributed by atoms with Gasteiger partial charge in [-0.2, -0.15) is 0 Å². The van der Waals surface area contributed by atoms with Crippen LogP contribution in [0, 0.1) is 0 Å². The summed E-state index contributed by atoms with van der Waals surface area (Å²) in [4.78, 5) is 25.0. The lowest BCUT2D eigenvalue weighted by Gasteiger charge is -2.25. The van der Waals surface area contributed by atoms with Gasteiger partial charge < -0.3 is 14.4 Å². The van der Waals surface area contributed by atoms with E-state index in [0.717, 1.165) is 27.6 Å². The Morgan fingerprint density at radius 2 is 2.27 bits per heavy atom. The molecule has 114 valence electrons. The van der Waals surface area contributed by atoms with Crippen molar-refractivity contribution in [2.45, 2.75) is 25.0 Å². The third-order valence-electron chi connectivity index (χ3n) is 4.56. The number of hydrogen-bond acceptors (Lipinski definition) is 4. The number of ether oxygens (including phenoxy) is 2. The first-order valence-electron chi connectivity index (χ1n) is 7.11. The molecule has 5 nitrogen and oxygen atoms in total. The summed E-state index contributed by atoms with van der Waals surface area (Å²) >= 11 is 3.58. The molecular formula is C16H14BrNO4. The van der Waals surface area contributed by atoms with Gasteiger partial charge in [0.05, 0.1) is 7.11 Å². The van der Waals surface area contributed by atoms with Gasteiger partial charge in [-0.1, -0.05) is 15.9 Å². The highest BCUT2D eigenvalue weighted by Crippen LogP contribution is 2.54. The van der Waals surface area contributed by atoms with Crippen molar-refractivity contribution in [3.8, 4) is 11.5 Å². The van der Waals surface area contributed by atoms with Crippen LogP contribution in [0.15, 0.2) is 22.2 Å². The molecule has 1 aliphatic carbocycles. The van der Waals surface area contributed by atoms with Crippen LogP contribution in [0.5, 0.6) is 11.5 Å². The van der Waals surface area contributed by atoms with Crippen LogP contribution in [0.4, 0.5) is 0 Å². The monoisotopic (exact) mass is 363 g/mol. The molecule has 0 spiro atoms. The van der Waals surface area contributed by atoms with Crippen molar-refractivity contribution in [2.24, 2.45) is 0 Å². The molecule has 2 unspecified atom stereocenters. The molecule has 0 fully saturated rings. The van der Waals surface area contributed by atoms with E-state index >= 15 is 0 Å². The summed E-state index contributed by atoms with van der Waals surface area (Å²) in [5, 5.41) is 0. The van der Waals surface area contributed by atoms with E-state index < -0.39 is 0 Å². The maximum atomic E-state index is 12.0. The van der Waals surface area contributed by atoms with Crippen molar-refractivity contribution in [3.05, 3.63) is 33.3 Å². The molecule has 3 aliphatic rings. The normalized spacial score (nSPS) is 25.1. The summed E-state index contributed by atoms with van der Waals surface area (Å²) in [6.45, 7) is 0.956. The van der Waals surface area contributed by atoms with Crippen molar-refractivity contribution >= 4 is 28.1 Å². The van der Waals surface area contributed by atoms with E-state index in [9.17, 15) is 9.59 Å². The third kappa shape index (κ3) is 1.83. The molecule has 2 atom stereocenters. The number of allylic oxidation sites excluding steroid dienone is 1. The van der Waals surface area contributed by atoms with Gasteiger partial charge in [-0.3, -0.25) is 9.59 Å². The van der Waals surface area contributed by atoms with Crippen LogP contribution >= 0.6 is 15.9 Å². The average molecular weight is 364 g/mol. The fourth-order valence-corrected chi connectivity index (χ4v) is 4.23. The lowest BCUT2D eigenvalue weighted by molar-refractivity contribution is -0.119. The largest absolute Gasteiger partial charge is 0.493 e. The van der Waals surface area contributed by atoms with E-state index in [4.69, 9.17) is 9.47 Å². The SMILES string of the molecule is COc1cc(Br)c2c3c1OC1CC(=O)C=C(CN(C=O)C2)C31. The molecule has 1 amide bonds. The quantitative estimate of drug-likeness (QED) is 0.755. The summed E-state index contributed by atoms with van der Waals surface area (Å²) in [7, 11) is 1.60. The summed E-state index contributed by atoms with van der Waals surface area (Å²) in [6.07, 6.45) is 2.68. The van der Waals surface area contributed by atoms with E-state index in [0.29, 0.717) is 31.0 Å². The molecule has 2 heterocycles. The van der Waals surface area contributed by atoms with E-state index in [1.807, 2.05) is 6.07 Å². The van der Waals surface area contributed by atoms with Gasteiger partial charge in [-0.05, 0) is 23.3 Å². The molecule has 0 radical (unpaired) electrons. The molecule has 1 aromatic carbocycles. The Bertz CT molecular complexity index is 727. The Labute approximate surface area is 136 Å². The van der Waals surface area contributed by atoms with Gasteiger partial charge in [0.15, 0.2) is 17.3 Å². The summed E-state index contributed by atoms with van der Waals surface area (Å²) in [5.74, 6) is 1.45. The second-order valence-electron chi connectivity index (χ2n) is 5.82. The van der Waals surface area contributed by atoms with Gasteiger partial charge in [0.1, 0.15) is 6.10 Å². The molecule has 2 aliphatic heterocycles. The van der Waals surface area contributed by atoms with Crippen molar-refractivity contribution in [1.82, 2.24) is 4.90 Å². The lowest BCUT2D eigenvalue weighted by Crippen LogP contribution is -2.31. The number of rotatable bonds is 2. The van der Waals surface area contributed by atoms with Crippen LogP contribution in [-0.4, -0.2) is 36.9 Å². The fourth-order valence-electron chi connectivity index (χ4n) is 3.68. The summed E-state index contributed by atoms with van der Waals surface area (Å²) in [6, 6.07) is 1.87. The summed E-state index contributed by atoms with van der Waals surface area (Å²) in [5.41, 5.74) is 3.04. The lowest BCUT2D eigenvalue weighted by atomic mass is 9.80. The zero-order chi connectivity index (χ0) is 15.4. The van der Waals surface area contributed by atoms with Crippen LogP contribution < -0.4 is 9.47 Å². The molecule has 0 N–H and O–H groups in total. The minimum Gasteiger partial charge on any atom is -0.493 e. The van der Waals surface area contributed by atoms with Crippen molar-refractivity contribution < 1.29 is 19.1 Å². The molecule has 6 heteroatoms. The van der Waals surface area contributed by atoms with Crippen LogP contribution in [-0.2, 0) is 16.1 Å². The first-order valence-corrected chi connectivity index (χ1v) is 7.90. The number of ketones is 1. The molecule has 4 rings (SSSR count). The zero-order valence-electron chi connectivity index (χ0n) is 12.0. The second-order valence-corrected chi connectivity index (χ2v) is 6.67. The third-order valence-corrected chi connectivity index (χ3v) is 5.26. The van der Waals surface area contributed by atoms with E-state index in [-0.39, 0.29) is 17.8 Å². The van der Waals surface area contributed by atoms with E-state index in [1.165, 1.54) is 0 Å². The smallest absolute Gasteiger partial charge is 0.210 e. The minimum absolute atomic E-state index is 0.0269. The number of halogens is 1. The van der Waals surface area contributed by atoms with Gasteiger partial charge in [0.2, 0.25) is 6.41 Å². The minimum atomic E-state index is -0.198. The Balaban J connectivity index is 1.99. The molecule has 0 saturated carbocycles. The van der Waals surface area contributed by atoms with Crippen molar-refractivity contribution in [2.75, 3.05) is 13.7 Å². The standard InChI is InChI=1S/C16H14BrNO4/c1-21-13-4-11(17)10-6-18(7-19)5-8-2-9(20)3-12-14(8)15(10)16(13)22-12/h2,4,7,12,14H,3,5-6H2,1H3. The molecule has 0 saturated heterocycles. The van der Waals surface area contributed by atoms with Crippen LogP contribution in [0.3, 0.4) is 0 Å². The number of amides is 1. The average Bonchev–Trinajstić information content (AvgIpc) is 2.77. The highest BCUT2D eigenvalue weighted by Gasteiger charge is 2.46. The maximum Gasteiger partial charge on any atom is 0.210 e. The highest BCUT2D eigenvalue weighted by molar-refractivity contribution is 9.10. The first kappa shape index (κ1) is 13.8. The van der Waals surface area contributed by atoms with Crippen molar-refractivity contribution in [3.63, 3.8) is 0 Å². The maximum absolute atomic E-state index is 12.0. The number of carbonyl (C=O) groups excluding carboxylic acids is 2. The van der Waals surface area contributed by atoms with Crippen LogP contribution in [0.2, 0.25) is 0 Å². The van der Waals surface area contributed by atoms with E-state index in [2.05, 4.69) is 15.9 Å². The number of benzene rings is 1. The Morgan fingerprint density at radius 3 is 3.00 bits per heavy atom. The number of carbonyl (C=O) groups is 2. The van der Waals surface area contributed by atoms with Gasteiger partial charge >= 0.3 is 0 Å². The predicted molar refractivity (Wildman–Crippen MR) is 82.0 cm³/mol. The molecule has 0 aromatic heterocycles. The zero-order valence-corrected chi connectivity index (χ0v) is 13.6. The topological polar surface area (TPSA) is 55.8 Å². The molecule has 1 aromatic rings. The van der Waals surface area contributed by atoms with Gasteiger partial charge in [0, 0.05) is 35.5 Å².